The lowest BCUT2D eigenvalue weighted by atomic mass is 10.1. The summed E-state index contributed by atoms with van der Waals surface area (Å²) >= 11 is 0. The molecule has 1 N–H and O–H groups in total. The van der Waals surface area contributed by atoms with Gasteiger partial charge in [0, 0.05) is 25.2 Å². The van der Waals surface area contributed by atoms with Gasteiger partial charge in [0.25, 0.3) is 0 Å². The maximum atomic E-state index is 12.6. The Hall–Kier alpha value is -2.16. The van der Waals surface area contributed by atoms with Crippen molar-refractivity contribution < 1.29 is 22.7 Å². The second-order valence-corrected chi connectivity index (χ2v) is 8.17. The zero-order valence-corrected chi connectivity index (χ0v) is 20.0. The van der Waals surface area contributed by atoms with Crippen LogP contribution in [0.1, 0.15) is 31.9 Å². The summed E-state index contributed by atoms with van der Waals surface area (Å²) in [5, 5.41) is 3.16. The van der Waals surface area contributed by atoms with Gasteiger partial charge in [0.05, 0.1) is 24.7 Å². The molecule has 0 aromatic heterocycles. The van der Waals surface area contributed by atoms with Crippen molar-refractivity contribution in [2.24, 2.45) is 4.99 Å². The fourth-order valence-corrected chi connectivity index (χ4v) is 3.23. The lowest BCUT2D eigenvalue weighted by Crippen LogP contribution is -2.57. The van der Waals surface area contributed by atoms with Gasteiger partial charge >= 0.3 is 12.3 Å². The third-order valence-electron chi connectivity index (χ3n) is 4.64. The Morgan fingerprint density at radius 1 is 1.23 bits per heavy atom. The lowest BCUT2D eigenvalue weighted by Gasteiger charge is -2.39. The van der Waals surface area contributed by atoms with Gasteiger partial charge in [-0.15, -0.1) is 24.0 Å². The standard InChI is InChI=1S/C21H25F3N4O2.HI/c1-20(2,3)30-19(29)27-11-12-28-17(14-27)13-26-18(28)25-10-4-5-15-6-8-16(9-7-15)21(22,23)24;/h6-9,17H,10-14H2,1-3H3,(H,25,26);1H. The van der Waals surface area contributed by atoms with Gasteiger partial charge in [0.2, 0.25) is 0 Å². The number of fused-ring (bicyclic) bond motifs is 1. The van der Waals surface area contributed by atoms with Gasteiger partial charge in [0.15, 0.2) is 5.96 Å². The van der Waals surface area contributed by atoms with E-state index in [2.05, 4.69) is 27.0 Å². The van der Waals surface area contributed by atoms with Crippen molar-refractivity contribution in [3.8, 4) is 11.8 Å². The average Bonchev–Trinajstić information content (AvgIpc) is 3.06. The lowest BCUT2D eigenvalue weighted by molar-refractivity contribution is -0.137. The van der Waals surface area contributed by atoms with E-state index in [9.17, 15) is 18.0 Å². The number of nitrogens with zero attached hydrogens (tertiary/aromatic N) is 3. The molecule has 1 fully saturated rings. The topological polar surface area (TPSA) is 57.2 Å². The molecule has 1 atom stereocenters. The minimum absolute atomic E-state index is 0. The largest absolute Gasteiger partial charge is 0.444 e. The number of nitrogens with one attached hydrogen (secondary N) is 1. The summed E-state index contributed by atoms with van der Waals surface area (Å²) in [6.45, 7) is 8.15. The number of carbonyl (C=O) groups is 1. The Bertz CT molecular complexity index is 870. The van der Waals surface area contributed by atoms with E-state index in [0.29, 0.717) is 38.3 Å². The average molecular weight is 550 g/mol. The van der Waals surface area contributed by atoms with Gasteiger partial charge in [-0.25, -0.2) is 4.79 Å². The number of halogens is 4. The van der Waals surface area contributed by atoms with Crippen LogP contribution < -0.4 is 5.32 Å². The maximum absolute atomic E-state index is 12.6. The Labute approximate surface area is 197 Å². The molecule has 0 spiro atoms. The molecule has 3 rings (SSSR count). The molecule has 31 heavy (non-hydrogen) atoms. The minimum Gasteiger partial charge on any atom is -0.444 e. The van der Waals surface area contributed by atoms with Crippen LogP contribution >= 0.6 is 24.0 Å². The third kappa shape index (κ3) is 6.92. The highest BCUT2D eigenvalue weighted by Crippen LogP contribution is 2.28. The van der Waals surface area contributed by atoms with Crippen LogP contribution in [0.25, 0.3) is 0 Å². The van der Waals surface area contributed by atoms with Crippen molar-refractivity contribution in [1.29, 1.82) is 0 Å². The highest BCUT2D eigenvalue weighted by atomic mass is 127. The second-order valence-electron chi connectivity index (χ2n) is 8.17. The highest BCUT2D eigenvalue weighted by molar-refractivity contribution is 14.0. The minimum atomic E-state index is -4.35. The van der Waals surface area contributed by atoms with Crippen LogP contribution in [0.15, 0.2) is 29.3 Å². The fourth-order valence-electron chi connectivity index (χ4n) is 3.23. The normalized spacial score (nSPS) is 18.3. The number of amides is 1. The van der Waals surface area contributed by atoms with E-state index in [1.807, 2.05) is 20.8 Å². The summed E-state index contributed by atoms with van der Waals surface area (Å²) in [6, 6.07) is 4.85. The number of hydrogen-bond donors (Lipinski definition) is 1. The predicted molar refractivity (Wildman–Crippen MR) is 122 cm³/mol. The zero-order chi connectivity index (χ0) is 21.9. The van der Waals surface area contributed by atoms with Crippen molar-refractivity contribution in [3.05, 3.63) is 35.4 Å². The van der Waals surface area contributed by atoms with Crippen LogP contribution in [0.3, 0.4) is 0 Å². The van der Waals surface area contributed by atoms with Crippen LogP contribution in [-0.2, 0) is 10.9 Å². The van der Waals surface area contributed by atoms with E-state index in [1.54, 1.807) is 4.90 Å². The Morgan fingerprint density at radius 2 is 1.90 bits per heavy atom. The first-order chi connectivity index (χ1) is 14.0. The predicted octanol–water partition coefficient (Wildman–Crippen LogP) is 3.56. The molecule has 2 aliphatic heterocycles. The molecule has 10 heteroatoms. The van der Waals surface area contributed by atoms with Crippen LogP contribution in [0.4, 0.5) is 18.0 Å². The molecule has 2 heterocycles. The van der Waals surface area contributed by atoms with Crippen molar-refractivity contribution in [2.45, 2.75) is 38.6 Å². The zero-order valence-electron chi connectivity index (χ0n) is 17.6. The number of carbonyl (C=O) groups excluding carboxylic acids is 1. The number of guanidine groups is 1. The van der Waals surface area contributed by atoms with E-state index >= 15 is 0 Å². The van der Waals surface area contributed by atoms with E-state index < -0.39 is 17.3 Å². The molecule has 1 aromatic carbocycles. The van der Waals surface area contributed by atoms with Crippen LogP contribution in [-0.4, -0.2) is 66.2 Å². The molecule has 0 radical (unpaired) electrons. The number of ether oxygens (including phenoxy) is 1. The number of rotatable bonds is 1. The van der Waals surface area contributed by atoms with E-state index in [-0.39, 0.29) is 36.1 Å². The number of alkyl halides is 3. The highest BCUT2D eigenvalue weighted by Gasteiger charge is 2.36. The van der Waals surface area contributed by atoms with Gasteiger partial charge in [-0.2, -0.15) is 13.2 Å². The first kappa shape index (κ1) is 25.1. The number of aliphatic imine (C=N–C) groups is 1. The molecule has 0 bridgehead atoms. The Kier molecular flexibility index (Phi) is 8.08. The maximum Gasteiger partial charge on any atom is 0.416 e. The van der Waals surface area contributed by atoms with Gasteiger partial charge < -0.3 is 19.9 Å². The van der Waals surface area contributed by atoms with Crippen molar-refractivity contribution >= 4 is 36.0 Å². The summed E-state index contributed by atoms with van der Waals surface area (Å²) in [5.41, 5.74) is -0.705. The van der Waals surface area contributed by atoms with Crippen LogP contribution in [0.2, 0.25) is 0 Å². The van der Waals surface area contributed by atoms with Crippen molar-refractivity contribution in [3.63, 3.8) is 0 Å². The molecule has 1 unspecified atom stereocenters. The van der Waals surface area contributed by atoms with Gasteiger partial charge in [0.1, 0.15) is 5.60 Å². The summed E-state index contributed by atoms with van der Waals surface area (Å²) in [4.78, 5) is 20.6. The first-order valence-electron chi connectivity index (χ1n) is 9.72. The molecular weight excluding hydrogens is 524 g/mol. The van der Waals surface area contributed by atoms with E-state index in [4.69, 9.17) is 4.74 Å². The monoisotopic (exact) mass is 550 g/mol. The van der Waals surface area contributed by atoms with Crippen molar-refractivity contribution in [2.75, 3.05) is 32.7 Å². The van der Waals surface area contributed by atoms with Crippen molar-refractivity contribution in [1.82, 2.24) is 15.1 Å². The molecule has 0 saturated carbocycles. The molecule has 6 nitrogen and oxygen atoms in total. The van der Waals surface area contributed by atoms with Gasteiger partial charge in [-0.05, 0) is 45.0 Å². The van der Waals surface area contributed by atoms with Gasteiger partial charge in [-0.1, -0.05) is 11.8 Å². The SMILES string of the molecule is CC(C)(C)OC(=O)N1CCN2C(NCC#Cc3ccc(C(F)(F)F)cc3)=NCC2C1.I. The van der Waals surface area contributed by atoms with E-state index in [0.717, 1.165) is 18.1 Å². The number of hydrogen-bond acceptors (Lipinski definition) is 5. The fraction of sp³-hybridized carbons (Fsp3) is 0.524. The Morgan fingerprint density at radius 3 is 2.52 bits per heavy atom. The van der Waals surface area contributed by atoms with Crippen LogP contribution in [0, 0.1) is 11.8 Å². The Balaban J connectivity index is 0.00000341. The molecular formula is C21H26F3IN4O2. The molecule has 170 valence electrons. The number of piperazine rings is 1. The summed E-state index contributed by atoms with van der Waals surface area (Å²) in [7, 11) is 0. The smallest absolute Gasteiger partial charge is 0.416 e. The third-order valence-corrected chi connectivity index (χ3v) is 4.64. The first-order valence-corrected chi connectivity index (χ1v) is 9.72. The summed E-state index contributed by atoms with van der Waals surface area (Å²) in [5.74, 6) is 6.47. The summed E-state index contributed by atoms with van der Waals surface area (Å²) in [6.07, 6.45) is -4.66. The molecule has 0 aliphatic carbocycles. The van der Waals surface area contributed by atoms with E-state index in [1.165, 1.54) is 12.1 Å². The van der Waals surface area contributed by atoms with Crippen LogP contribution in [0.5, 0.6) is 0 Å². The second kappa shape index (κ2) is 9.97. The molecule has 2 aliphatic rings. The molecule has 1 saturated heterocycles. The molecule has 1 aromatic rings. The molecule has 1 amide bonds. The summed E-state index contributed by atoms with van der Waals surface area (Å²) < 4.78 is 43.2. The number of benzene rings is 1. The van der Waals surface area contributed by atoms with Gasteiger partial charge in [-0.3, -0.25) is 4.99 Å². The quantitative estimate of drug-likeness (QED) is 0.430.